The van der Waals surface area contributed by atoms with Gasteiger partial charge in [0.05, 0.1) is 25.5 Å². The van der Waals surface area contributed by atoms with Gasteiger partial charge in [0, 0.05) is 38.3 Å². The van der Waals surface area contributed by atoms with Crippen molar-refractivity contribution in [1.82, 2.24) is 14.8 Å². The Kier molecular flexibility index (Phi) is 6.41. The molecule has 1 aromatic heterocycles. The molecule has 1 aliphatic heterocycles. The molecule has 1 aliphatic rings. The highest BCUT2D eigenvalue weighted by atomic mass is 19.1. The number of nitrogens with zero attached hydrogens (tertiary/aromatic N) is 3. The molecule has 3 aromatic rings. The molecule has 32 heavy (non-hydrogen) atoms. The summed E-state index contributed by atoms with van der Waals surface area (Å²) < 4.78 is 29.9. The fourth-order valence-electron chi connectivity index (χ4n) is 3.80. The summed E-state index contributed by atoms with van der Waals surface area (Å²) in [6.07, 6.45) is 0. The van der Waals surface area contributed by atoms with E-state index in [0.29, 0.717) is 42.4 Å². The Bertz CT molecular complexity index is 1110. The number of halogens is 1. The summed E-state index contributed by atoms with van der Waals surface area (Å²) in [5.74, 6) is 1.43. The number of aromatic nitrogens is 1. The van der Waals surface area contributed by atoms with Crippen LogP contribution in [0.5, 0.6) is 11.5 Å². The molecule has 1 saturated heterocycles. The van der Waals surface area contributed by atoms with Crippen LogP contribution in [0.25, 0.3) is 11.5 Å². The van der Waals surface area contributed by atoms with E-state index in [-0.39, 0.29) is 11.7 Å². The lowest BCUT2D eigenvalue weighted by Crippen LogP contribution is -2.48. The number of ether oxygens (including phenoxy) is 2. The molecule has 0 N–H and O–H groups in total. The summed E-state index contributed by atoms with van der Waals surface area (Å²) in [5, 5.41) is 0. The Morgan fingerprint density at radius 1 is 1.06 bits per heavy atom. The van der Waals surface area contributed by atoms with E-state index in [2.05, 4.69) is 9.88 Å². The van der Waals surface area contributed by atoms with Crippen molar-refractivity contribution in [2.45, 2.75) is 13.5 Å². The van der Waals surface area contributed by atoms with Crippen LogP contribution in [0, 0.1) is 12.7 Å². The molecule has 168 valence electrons. The van der Waals surface area contributed by atoms with Gasteiger partial charge in [0.2, 0.25) is 5.89 Å². The van der Waals surface area contributed by atoms with E-state index in [9.17, 15) is 9.18 Å². The van der Waals surface area contributed by atoms with Crippen molar-refractivity contribution in [3.8, 4) is 23.0 Å². The smallest absolute Gasteiger partial charge is 0.257 e. The zero-order valence-corrected chi connectivity index (χ0v) is 18.4. The van der Waals surface area contributed by atoms with Crippen LogP contribution in [0.4, 0.5) is 4.39 Å². The van der Waals surface area contributed by atoms with Crippen LogP contribution >= 0.6 is 0 Å². The Hall–Kier alpha value is -3.39. The minimum Gasteiger partial charge on any atom is -0.496 e. The largest absolute Gasteiger partial charge is 0.496 e. The second kappa shape index (κ2) is 9.40. The zero-order chi connectivity index (χ0) is 22.7. The molecule has 1 amide bonds. The second-order valence-corrected chi connectivity index (χ2v) is 7.64. The van der Waals surface area contributed by atoms with Gasteiger partial charge in [-0.15, -0.1) is 0 Å². The monoisotopic (exact) mass is 439 g/mol. The first-order chi connectivity index (χ1) is 15.5. The summed E-state index contributed by atoms with van der Waals surface area (Å²) in [4.78, 5) is 21.6. The van der Waals surface area contributed by atoms with Gasteiger partial charge in [-0.2, -0.15) is 0 Å². The molecule has 7 nitrogen and oxygen atoms in total. The highest BCUT2D eigenvalue weighted by molar-refractivity contribution is 5.97. The third kappa shape index (κ3) is 4.45. The minimum atomic E-state index is -0.430. The van der Waals surface area contributed by atoms with Gasteiger partial charge in [-0.3, -0.25) is 9.69 Å². The maximum Gasteiger partial charge on any atom is 0.257 e. The van der Waals surface area contributed by atoms with Gasteiger partial charge >= 0.3 is 0 Å². The fourth-order valence-corrected chi connectivity index (χ4v) is 3.80. The zero-order valence-electron chi connectivity index (χ0n) is 18.4. The molecule has 1 fully saturated rings. The van der Waals surface area contributed by atoms with E-state index in [0.717, 1.165) is 24.5 Å². The van der Waals surface area contributed by atoms with Gasteiger partial charge in [0.15, 0.2) is 11.6 Å². The molecular weight excluding hydrogens is 413 g/mol. The van der Waals surface area contributed by atoms with Gasteiger partial charge in [-0.05, 0) is 37.3 Å². The predicted octanol–water partition coefficient (Wildman–Crippen LogP) is 3.76. The van der Waals surface area contributed by atoms with E-state index < -0.39 is 5.82 Å². The van der Waals surface area contributed by atoms with E-state index in [1.807, 2.05) is 24.0 Å². The first kappa shape index (κ1) is 21.8. The molecule has 0 radical (unpaired) electrons. The Morgan fingerprint density at radius 2 is 1.78 bits per heavy atom. The average Bonchev–Trinajstić information content (AvgIpc) is 3.19. The van der Waals surface area contributed by atoms with Crippen molar-refractivity contribution in [2.24, 2.45) is 0 Å². The molecule has 0 spiro atoms. The van der Waals surface area contributed by atoms with Crippen LogP contribution < -0.4 is 9.47 Å². The number of para-hydroxylation sites is 1. The van der Waals surface area contributed by atoms with Gasteiger partial charge in [-0.1, -0.05) is 12.1 Å². The summed E-state index contributed by atoms with van der Waals surface area (Å²) in [5.41, 5.74) is 2.06. The van der Waals surface area contributed by atoms with Crippen LogP contribution in [0.15, 0.2) is 46.9 Å². The van der Waals surface area contributed by atoms with Crippen LogP contribution in [-0.4, -0.2) is 61.1 Å². The summed E-state index contributed by atoms with van der Waals surface area (Å²) in [6, 6.07) is 11.8. The number of piperazine rings is 1. The number of methoxy groups -OCH3 is 2. The number of oxazole rings is 1. The number of carbonyl (C=O) groups is 1. The highest BCUT2D eigenvalue weighted by Crippen LogP contribution is 2.28. The van der Waals surface area contributed by atoms with Crippen molar-refractivity contribution >= 4 is 5.91 Å². The second-order valence-electron chi connectivity index (χ2n) is 7.64. The molecule has 2 heterocycles. The topological polar surface area (TPSA) is 68.0 Å². The normalized spacial score (nSPS) is 14.4. The van der Waals surface area contributed by atoms with E-state index in [4.69, 9.17) is 13.9 Å². The average molecular weight is 439 g/mol. The first-order valence-electron chi connectivity index (χ1n) is 10.4. The maximum atomic E-state index is 13.7. The third-order valence-corrected chi connectivity index (χ3v) is 5.66. The van der Waals surface area contributed by atoms with Gasteiger partial charge < -0.3 is 18.8 Å². The predicted molar refractivity (Wildman–Crippen MR) is 117 cm³/mol. The van der Waals surface area contributed by atoms with Crippen LogP contribution in [0.3, 0.4) is 0 Å². The van der Waals surface area contributed by atoms with E-state index in [1.54, 1.807) is 31.4 Å². The first-order valence-corrected chi connectivity index (χ1v) is 10.4. The number of amides is 1. The molecule has 4 rings (SSSR count). The summed E-state index contributed by atoms with van der Waals surface area (Å²) in [6.45, 7) is 5.18. The lowest BCUT2D eigenvalue weighted by molar-refractivity contribution is 0.0623. The minimum absolute atomic E-state index is 0.0211. The van der Waals surface area contributed by atoms with Gasteiger partial charge in [0.25, 0.3) is 5.91 Å². The van der Waals surface area contributed by atoms with E-state index in [1.165, 1.54) is 13.2 Å². The molecule has 0 aliphatic carbocycles. The van der Waals surface area contributed by atoms with Crippen LogP contribution in [0.2, 0.25) is 0 Å². The van der Waals surface area contributed by atoms with Gasteiger partial charge in [0.1, 0.15) is 11.5 Å². The lowest BCUT2D eigenvalue weighted by Gasteiger charge is -2.34. The molecule has 0 unspecified atom stereocenters. The van der Waals surface area contributed by atoms with Crippen molar-refractivity contribution in [2.75, 3.05) is 40.4 Å². The molecule has 0 saturated carbocycles. The molecule has 0 atom stereocenters. The number of hydrogen-bond acceptors (Lipinski definition) is 6. The number of aryl methyl sites for hydroxylation is 1. The molecular formula is C24H26FN3O4. The summed E-state index contributed by atoms with van der Waals surface area (Å²) >= 11 is 0. The highest BCUT2D eigenvalue weighted by Gasteiger charge is 2.25. The standard InChI is InChI=1S/C24H26FN3O4/c1-16-20(26-23(32-16)17-8-9-19(25)22(14-17)31-3)15-27-10-12-28(13-11-27)24(29)18-6-4-5-7-21(18)30-2/h4-9,14H,10-13,15H2,1-3H3. The quantitative estimate of drug-likeness (QED) is 0.583. The Labute approximate surface area is 186 Å². The van der Waals surface area contributed by atoms with Crippen molar-refractivity contribution in [3.63, 3.8) is 0 Å². The number of benzene rings is 2. The SMILES string of the molecule is COc1cc(-c2nc(CN3CCN(C(=O)c4ccccc4OC)CC3)c(C)o2)ccc1F. The van der Waals surface area contributed by atoms with Crippen molar-refractivity contribution < 1.29 is 23.1 Å². The number of carbonyl (C=O) groups excluding carboxylic acids is 1. The lowest BCUT2D eigenvalue weighted by atomic mass is 10.1. The molecule has 8 heteroatoms. The number of rotatable bonds is 6. The number of hydrogen-bond donors (Lipinski definition) is 0. The van der Waals surface area contributed by atoms with Crippen molar-refractivity contribution in [1.29, 1.82) is 0 Å². The molecule has 0 bridgehead atoms. The maximum absolute atomic E-state index is 13.7. The fraction of sp³-hybridized carbons (Fsp3) is 0.333. The van der Waals surface area contributed by atoms with Crippen molar-refractivity contribution in [3.05, 3.63) is 65.3 Å². The van der Waals surface area contributed by atoms with Crippen LogP contribution in [-0.2, 0) is 6.54 Å². The Morgan fingerprint density at radius 3 is 2.50 bits per heavy atom. The third-order valence-electron chi connectivity index (χ3n) is 5.66. The van der Waals surface area contributed by atoms with Crippen LogP contribution in [0.1, 0.15) is 21.8 Å². The Balaban J connectivity index is 1.40. The van der Waals surface area contributed by atoms with Gasteiger partial charge in [-0.25, -0.2) is 9.37 Å². The summed E-state index contributed by atoms with van der Waals surface area (Å²) in [7, 11) is 2.99. The van der Waals surface area contributed by atoms with E-state index >= 15 is 0 Å². The molecule has 2 aromatic carbocycles.